The van der Waals surface area contributed by atoms with Gasteiger partial charge in [0.2, 0.25) is 0 Å². The maximum Gasteiger partial charge on any atom is 0.0724 e. The maximum absolute atomic E-state index is 9.02. The zero-order chi connectivity index (χ0) is 10.4. The fraction of sp³-hybridized carbons (Fsp3) is 0.417. The number of nitriles is 1. The summed E-state index contributed by atoms with van der Waals surface area (Å²) in [5.41, 5.74) is 1.12. The molecule has 0 saturated heterocycles. The van der Waals surface area contributed by atoms with Crippen LogP contribution in [0.15, 0.2) is 30.3 Å². The predicted octanol–water partition coefficient (Wildman–Crippen LogP) is 2.25. The number of hydrogen-bond donors (Lipinski definition) is 0. The topological polar surface area (TPSA) is 27.0 Å². The van der Waals surface area contributed by atoms with Crippen molar-refractivity contribution < 1.29 is 0 Å². The van der Waals surface area contributed by atoms with Gasteiger partial charge in [-0.3, -0.25) is 0 Å². The molecule has 0 aromatic heterocycles. The molecule has 0 aliphatic rings. The summed E-state index contributed by atoms with van der Waals surface area (Å²) in [6.45, 7) is 0.952. The van der Waals surface area contributed by atoms with Gasteiger partial charge in [-0.15, -0.1) is 0 Å². The highest BCUT2D eigenvalue weighted by Gasteiger charge is 2.09. The van der Waals surface area contributed by atoms with E-state index in [1.807, 2.05) is 44.4 Å². The molecule has 0 unspecified atom stereocenters. The van der Waals surface area contributed by atoms with Crippen molar-refractivity contribution in [2.45, 2.75) is 12.3 Å². The van der Waals surface area contributed by atoms with E-state index in [1.54, 1.807) is 0 Å². The monoisotopic (exact) mass is 188 g/mol. The summed E-state index contributed by atoms with van der Waals surface area (Å²) in [7, 11) is 4.05. The second kappa shape index (κ2) is 5.41. The van der Waals surface area contributed by atoms with Gasteiger partial charge >= 0.3 is 0 Å². The van der Waals surface area contributed by atoms with E-state index in [4.69, 9.17) is 5.26 Å². The standard InChI is InChI=1S/C12H16N2/c1-14(2)9-8-12(10-13)11-6-4-3-5-7-11/h3-7,12H,8-9H2,1-2H3/t12-/m1/s1. The fourth-order valence-electron chi connectivity index (χ4n) is 1.38. The Bertz CT molecular complexity index is 298. The third-order valence-electron chi connectivity index (χ3n) is 2.22. The van der Waals surface area contributed by atoms with E-state index < -0.39 is 0 Å². The minimum Gasteiger partial charge on any atom is -0.309 e. The van der Waals surface area contributed by atoms with Crippen LogP contribution in [0.1, 0.15) is 17.9 Å². The molecule has 0 radical (unpaired) electrons. The Morgan fingerprint density at radius 1 is 1.29 bits per heavy atom. The van der Waals surface area contributed by atoms with Crippen LogP contribution in [0.2, 0.25) is 0 Å². The molecule has 2 heteroatoms. The summed E-state index contributed by atoms with van der Waals surface area (Å²) < 4.78 is 0. The Hall–Kier alpha value is -1.33. The van der Waals surface area contributed by atoms with E-state index in [2.05, 4.69) is 11.0 Å². The van der Waals surface area contributed by atoms with E-state index in [0.29, 0.717) is 0 Å². The van der Waals surface area contributed by atoms with Gasteiger partial charge in [-0.05, 0) is 32.6 Å². The van der Waals surface area contributed by atoms with E-state index in [-0.39, 0.29) is 5.92 Å². The molecule has 2 nitrogen and oxygen atoms in total. The largest absolute Gasteiger partial charge is 0.309 e. The molecule has 0 saturated carbocycles. The van der Waals surface area contributed by atoms with Crippen LogP contribution in [0.5, 0.6) is 0 Å². The molecule has 0 bridgehead atoms. The summed E-state index contributed by atoms with van der Waals surface area (Å²) in [5, 5.41) is 9.02. The summed E-state index contributed by atoms with van der Waals surface area (Å²) in [4.78, 5) is 2.10. The van der Waals surface area contributed by atoms with E-state index >= 15 is 0 Å². The second-order valence-electron chi connectivity index (χ2n) is 3.68. The minimum absolute atomic E-state index is 0.0265. The smallest absolute Gasteiger partial charge is 0.0724 e. The normalized spacial score (nSPS) is 12.4. The third kappa shape index (κ3) is 3.20. The summed E-state index contributed by atoms with van der Waals surface area (Å²) in [6.07, 6.45) is 0.896. The van der Waals surface area contributed by atoms with Gasteiger partial charge in [-0.1, -0.05) is 30.3 Å². The summed E-state index contributed by atoms with van der Waals surface area (Å²) >= 11 is 0. The average molecular weight is 188 g/mol. The van der Waals surface area contributed by atoms with Gasteiger partial charge in [0.05, 0.1) is 12.0 Å². The Balaban J connectivity index is 2.60. The zero-order valence-electron chi connectivity index (χ0n) is 8.77. The molecule has 0 aliphatic heterocycles. The van der Waals surface area contributed by atoms with E-state index in [9.17, 15) is 0 Å². The highest BCUT2D eigenvalue weighted by molar-refractivity contribution is 5.24. The first-order valence-electron chi connectivity index (χ1n) is 4.83. The molecule has 0 amide bonds. The molecule has 1 aromatic carbocycles. The first-order valence-corrected chi connectivity index (χ1v) is 4.83. The molecule has 0 fully saturated rings. The SMILES string of the molecule is CN(C)CC[C@H](C#N)c1ccccc1. The highest BCUT2D eigenvalue weighted by Crippen LogP contribution is 2.18. The van der Waals surface area contributed by atoms with Gasteiger partial charge in [0.25, 0.3) is 0 Å². The lowest BCUT2D eigenvalue weighted by Gasteiger charge is -2.13. The van der Waals surface area contributed by atoms with Crippen molar-refractivity contribution in [3.63, 3.8) is 0 Å². The maximum atomic E-state index is 9.02. The first kappa shape index (κ1) is 10.7. The molecule has 1 atom stereocenters. The molecule has 14 heavy (non-hydrogen) atoms. The van der Waals surface area contributed by atoms with Gasteiger partial charge in [0.15, 0.2) is 0 Å². The lowest BCUT2D eigenvalue weighted by atomic mass is 9.97. The summed E-state index contributed by atoms with van der Waals surface area (Å²) in [5.74, 6) is 0.0265. The number of rotatable bonds is 4. The molecular weight excluding hydrogens is 172 g/mol. The van der Waals surface area contributed by atoms with Crippen molar-refractivity contribution in [2.75, 3.05) is 20.6 Å². The van der Waals surface area contributed by atoms with Crippen LogP contribution in [0.25, 0.3) is 0 Å². The molecular formula is C12H16N2. The highest BCUT2D eigenvalue weighted by atomic mass is 15.0. The number of hydrogen-bond acceptors (Lipinski definition) is 2. The Labute approximate surface area is 85.8 Å². The van der Waals surface area contributed by atoms with Crippen molar-refractivity contribution in [3.05, 3.63) is 35.9 Å². The number of benzene rings is 1. The van der Waals surface area contributed by atoms with Crippen molar-refractivity contribution in [1.82, 2.24) is 4.90 Å². The lowest BCUT2D eigenvalue weighted by molar-refractivity contribution is 0.393. The van der Waals surface area contributed by atoms with Crippen molar-refractivity contribution in [1.29, 1.82) is 5.26 Å². The van der Waals surface area contributed by atoms with Gasteiger partial charge in [0.1, 0.15) is 0 Å². The minimum atomic E-state index is 0.0265. The first-order chi connectivity index (χ1) is 6.74. The van der Waals surface area contributed by atoms with E-state index in [1.165, 1.54) is 0 Å². The van der Waals surface area contributed by atoms with Crippen molar-refractivity contribution >= 4 is 0 Å². The van der Waals surface area contributed by atoms with Gasteiger partial charge < -0.3 is 4.90 Å². The predicted molar refractivity (Wildman–Crippen MR) is 58.0 cm³/mol. The summed E-state index contributed by atoms with van der Waals surface area (Å²) in [6, 6.07) is 12.3. The van der Waals surface area contributed by atoms with Gasteiger partial charge in [0, 0.05) is 0 Å². The molecule has 1 aromatic rings. The molecule has 74 valence electrons. The van der Waals surface area contributed by atoms with Crippen LogP contribution in [0.4, 0.5) is 0 Å². The molecule has 0 aliphatic carbocycles. The molecule has 0 heterocycles. The van der Waals surface area contributed by atoms with Crippen LogP contribution in [0.3, 0.4) is 0 Å². The fourth-order valence-corrected chi connectivity index (χ4v) is 1.38. The quantitative estimate of drug-likeness (QED) is 0.724. The molecule has 1 rings (SSSR count). The van der Waals surface area contributed by atoms with Gasteiger partial charge in [-0.25, -0.2) is 0 Å². The average Bonchev–Trinajstić information content (AvgIpc) is 2.20. The zero-order valence-corrected chi connectivity index (χ0v) is 8.77. The molecule has 0 N–H and O–H groups in total. The van der Waals surface area contributed by atoms with Gasteiger partial charge in [-0.2, -0.15) is 5.26 Å². The van der Waals surface area contributed by atoms with Crippen LogP contribution < -0.4 is 0 Å². The lowest BCUT2D eigenvalue weighted by Crippen LogP contribution is -2.15. The Morgan fingerprint density at radius 2 is 1.93 bits per heavy atom. The van der Waals surface area contributed by atoms with Crippen molar-refractivity contribution in [3.8, 4) is 6.07 Å². The van der Waals surface area contributed by atoms with Crippen molar-refractivity contribution in [2.24, 2.45) is 0 Å². The second-order valence-corrected chi connectivity index (χ2v) is 3.68. The van der Waals surface area contributed by atoms with Crippen LogP contribution >= 0.6 is 0 Å². The van der Waals surface area contributed by atoms with Crippen LogP contribution in [0, 0.1) is 11.3 Å². The Morgan fingerprint density at radius 3 is 2.43 bits per heavy atom. The van der Waals surface area contributed by atoms with E-state index in [0.717, 1.165) is 18.5 Å². The number of nitrogens with zero attached hydrogens (tertiary/aromatic N) is 2. The van der Waals surface area contributed by atoms with Crippen LogP contribution in [-0.2, 0) is 0 Å². The third-order valence-corrected chi connectivity index (χ3v) is 2.22. The molecule has 0 spiro atoms. The Kier molecular flexibility index (Phi) is 4.15. The van der Waals surface area contributed by atoms with Crippen LogP contribution in [-0.4, -0.2) is 25.5 Å².